The molecule has 0 radical (unpaired) electrons. The summed E-state index contributed by atoms with van der Waals surface area (Å²) in [5.41, 5.74) is 8.00. The van der Waals surface area contributed by atoms with Crippen molar-refractivity contribution >= 4 is 63.4 Å². The van der Waals surface area contributed by atoms with E-state index in [0.717, 1.165) is 26.9 Å². The number of rotatable bonds is 7. The molecule has 0 atom stereocenters. The lowest BCUT2D eigenvalue weighted by atomic mass is 10.0. The van der Waals surface area contributed by atoms with Crippen molar-refractivity contribution in [2.24, 2.45) is 5.73 Å². The molecule has 0 fully saturated rings. The molecule has 166 valence electrons. The van der Waals surface area contributed by atoms with Crippen molar-refractivity contribution in [3.8, 4) is 0 Å². The third-order valence-electron chi connectivity index (χ3n) is 4.97. The summed E-state index contributed by atoms with van der Waals surface area (Å²) in [6.07, 6.45) is 0. The third-order valence-corrected chi connectivity index (χ3v) is 6.20. The standard InChI is InChI=1S/C25H19Cl2N3O2S/c26-17-11-18(27)13-19(12-17)33-30-23-6-2-3-20-21(23)4-1-5-22(20)25(32)29-14-15-7-9-16(10-8-15)24(28)31/h1-13,30H,14H2,(H2,28,31)(H,29,32). The molecule has 4 N–H and O–H groups in total. The molecule has 0 spiro atoms. The number of hydrogen-bond acceptors (Lipinski definition) is 4. The summed E-state index contributed by atoms with van der Waals surface area (Å²) in [5, 5.41) is 5.80. The zero-order chi connectivity index (χ0) is 23.4. The molecule has 0 saturated heterocycles. The van der Waals surface area contributed by atoms with Crippen LogP contribution in [0.2, 0.25) is 10.0 Å². The lowest BCUT2D eigenvalue weighted by Crippen LogP contribution is -2.23. The van der Waals surface area contributed by atoms with Gasteiger partial charge in [0.25, 0.3) is 5.91 Å². The summed E-state index contributed by atoms with van der Waals surface area (Å²) in [5.74, 6) is -0.673. The number of carbonyl (C=O) groups is 2. The lowest BCUT2D eigenvalue weighted by Gasteiger charge is -2.12. The molecule has 0 heterocycles. The van der Waals surface area contributed by atoms with Crippen molar-refractivity contribution in [2.75, 3.05) is 4.72 Å². The molecular formula is C25H19Cl2N3O2S. The van der Waals surface area contributed by atoms with E-state index in [0.29, 0.717) is 27.7 Å². The molecule has 33 heavy (non-hydrogen) atoms. The van der Waals surface area contributed by atoms with Crippen LogP contribution in [0.1, 0.15) is 26.3 Å². The molecule has 4 rings (SSSR count). The molecule has 0 aliphatic carbocycles. The highest BCUT2D eigenvalue weighted by Gasteiger charge is 2.12. The van der Waals surface area contributed by atoms with E-state index in [-0.39, 0.29) is 5.91 Å². The van der Waals surface area contributed by atoms with Gasteiger partial charge in [-0.1, -0.05) is 59.6 Å². The van der Waals surface area contributed by atoms with E-state index >= 15 is 0 Å². The lowest BCUT2D eigenvalue weighted by molar-refractivity contribution is 0.0951. The number of anilines is 1. The highest BCUT2D eigenvalue weighted by Crippen LogP contribution is 2.32. The van der Waals surface area contributed by atoms with Gasteiger partial charge in [0.2, 0.25) is 5.91 Å². The number of amides is 2. The fraction of sp³-hybridized carbons (Fsp3) is 0.0400. The zero-order valence-electron chi connectivity index (χ0n) is 17.3. The Labute approximate surface area is 205 Å². The minimum absolute atomic E-state index is 0.189. The summed E-state index contributed by atoms with van der Waals surface area (Å²) in [7, 11) is 0. The fourth-order valence-corrected chi connectivity index (χ4v) is 4.80. The predicted octanol–water partition coefficient (Wildman–Crippen LogP) is 6.29. The normalized spacial score (nSPS) is 10.7. The number of halogens is 2. The highest BCUT2D eigenvalue weighted by molar-refractivity contribution is 8.00. The molecule has 8 heteroatoms. The number of carbonyl (C=O) groups excluding carboxylic acids is 2. The maximum absolute atomic E-state index is 12.9. The predicted molar refractivity (Wildman–Crippen MR) is 136 cm³/mol. The van der Waals surface area contributed by atoms with Crippen LogP contribution in [0.3, 0.4) is 0 Å². The summed E-state index contributed by atoms with van der Waals surface area (Å²) in [4.78, 5) is 25.0. The number of nitrogens with one attached hydrogen (secondary N) is 2. The van der Waals surface area contributed by atoms with Crippen LogP contribution in [0.25, 0.3) is 10.8 Å². The average molecular weight is 496 g/mol. The Morgan fingerprint density at radius 3 is 2.21 bits per heavy atom. The Hall–Kier alpha value is -3.19. The first-order valence-corrected chi connectivity index (χ1v) is 11.6. The highest BCUT2D eigenvalue weighted by atomic mass is 35.5. The van der Waals surface area contributed by atoms with Crippen molar-refractivity contribution in [1.29, 1.82) is 0 Å². The molecule has 0 aliphatic rings. The molecular weight excluding hydrogens is 477 g/mol. The molecule has 5 nitrogen and oxygen atoms in total. The van der Waals surface area contributed by atoms with Gasteiger partial charge in [0.15, 0.2) is 0 Å². The van der Waals surface area contributed by atoms with Crippen LogP contribution in [0.5, 0.6) is 0 Å². The topological polar surface area (TPSA) is 84.2 Å². The van der Waals surface area contributed by atoms with Crippen LogP contribution in [-0.4, -0.2) is 11.8 Å². The van der Waals surface area contributed by atoms with E-state index in [9.17, 15) is 9.59 Å². The van der Waals surface area contributed by atoms with Crippen molar-refractivity contribution in [3.05, 3.63) is 106 Å². The van der Waals surface area contributed by atoms with Gasteiger partial charge in [0.05, 0.1) is 5.69 Å². The first-order valence-electron chi connectivity index (χ1n) is 9.98. The largest absolute Gasteiger partial charge is 0.366 e. The van der Waals surface area contributed by atoms with Gasteiger partial charge >= 0.3 is 0 Å². The minimum Gasteiger partial charge on any atom is -0.366 e. The van der Waals surface area contributed by atoms with Gasteiger partial charge in [-0.05, 0) is 65.4 Å². The second-order valence-electron chi connectivity index (χ2n) is 7.26. The van der Waals surface area contributed by atoms with Gasteiger partial charge in [-0.3, -0.25) is 9.59 Å². The molecule has 0 aliphatic heterocycles. The van der Waals surface area contributed by atoms with Crippen LogP contribution < -0.4 is 15.8 Å². The maximum Gasteiger partial charge on any atom is 0.252 e. The number of fused-ring (bicyclic) bond motifs is 1. The Kier molecular flexibility index (Phi) is 7.08. The van der Waals surface area contributed by atoms with E-state index in [1.807, 2.05) is 42.5 Å². The molecule has 0 bridgehead atoms. The van der Waals surface area contributed by atoms with Crippen LogP contribution in [0, 0.1) is 0 Å². The molecule has 0 saturated carbocycles. The van der Waals surface area contributed by atoms with Gasteiger partial charge < -0.3 is 15.8 Å². The van der Waals surface area contributed by atoms with Gasteiger partial charge in [0, 0.05) is 38.0 Å². The third kappa shape index (κ3) is 5.60. The quantitative estimate of drug-likeness (QED) is 0.263. The molecule has 4 aromatic carbocycles. The second kappa shape index (κ2) is 10.2. The Balaban J connectivity index is 1.51. The SMILES string of the molecule is NC(=O)c1ccc(CNC(=O)c2cccc3c(NSc4cc(Cl)cc(Cl)c4)cccc23)cc1. The number of primary amides is 1. The Morgan fingerprint density at radius 2 is 1.52 bits per heavy atom. The number of nitrogens with two attached hydrogens (primary N) is 1. The number of hydrogen-bond donors (Lipinski definition) is 3. The molecule has 2 amide bonds. The van der Waals surface area contributed by atoms with Crippen molar-refractivity contribution in [3.63, 3.8) is 0 Å². The second-order valence-corrected chi connectivity index (χ2v) is 9.01. The zero-order valence-corrected chi connectivity index (χ0v) is 19.6. The van der Waals surface area contributed by atoms with E-state index in [2.05, 4.69) is 10.0 Å². The molecule has 0 aromatic heterocycles. The van der Waals surface area contributed by atoms with Crippen LogP contribution >= 0.6 is 35.1 Å². The fourth-order valence-electron chi connectivity index (χ4n) is 3.36. The summed E-state index contributed by atoms with van der Waals surface area (Å²) in [6, 6.07) is 23.5. The van der Waals surface area contributed by atoms with Gasteiger partial charge in [0.1, 0.15) is 0 Å². The number of benzene rings is 4. The molecule has 4 aromatic rings. The molecule has 0 unspecified atom stereocenters. The summed E-state index contributed by atoms with van der Waals surface area (Å²) >= 11 is 13.6. The van der Waals surface area contributed by atoms with Crippen LogP contribution in [-0.2, 0) is 6.54 Å². The van der Waals surface area contributed by atoms with Gasteiger partial charge in [-0.15, -0.1) is 0 Å². The summed E-state index contributed by atoms with van der Waals surface area (Å²) in [6.45, 7) is 0.331. The van der Waals surface area contributed by atoms with E-state index in [1.54, 1.807) is 36.4 Å². The first-order chi connectivity index (χ1) is 15.9. The van der Waals surface area contributed by atoms with Crippen molar-refractivity contribution in [2.45, 2.75) is 11.4 Å². The van der Waals surface area contributed by atoms with Crippen LogP contribution in [0.4, 0.5) is 5.69 Å². The minimum atomic E-state index is -0.484. The Morgan fingerprint density at radius 1 is 0.848 bits per heavy atom. The van der Waals surface area contributed by atoms with Crippen molar-refractivity contribution < 1.29 is 9.59 Å². The van der Waals surface area contributed by atoms with Gasteiger partial charge in [-0.25, -0.2) is 0 Å². The summed E-state index contributed by atoms with van der Waals surface area (Å²) < 4.78 is 3.33. The monoisotopic (exact) mass is 495 g/mol. The first kappa shape index (κ1) is 23.0. The van der Waals surface area contributed by atoms with Crippen molar-refractivity contribution in [1.82, 2.24) is 5.32 Å². The van der Waals surface area contributed by atoms with E-state index in [4.69, 9.17) is 28.9 Å². The average Bonchev–Trinajstić information content (AvgIpc) is 2.80. The van der Waals surface area contributed by atoms with E-state index in [1.165, 1.54) is 11.9 Å². The van der Waals surface area contributed by atoms with E-state index < -0.39 is 5.91 Å². The van der Waals surface area contributed by atoms with Crippen LogP contribution in [0.15, 0.2) is 83.8 Å². The maximum atomic E-state index is 12.9. The van der Waals surface area contributed by atoms with Gasteiger partial charge in [-0.2, -0.15) is 0 Å². The Bertz CT molecular complexity index is 1320. The smallest absolute Gasteiger partial charge is 0.252 e.